The molecule has 0 spiro atoms. The molecular formula is C48H31N. The van der Waals surface area contributed by atoms with Gasteiger partial charge in [-0.2, -0.15) is 0 Å². The predicted molar refractivity (Wildman–Crippen MR) is 210 cm³/mol. The van der Waals surface area contributed by atoms with Crippen LogP contribution in [0.25, 0.3) is 93.2 Å². The van der Waals surface area contributed by atoms with Crippen LogP contribution < -0.4 is 0 Å². The van der Waals surface area contributed by atoms with Crippen molar-refractivity contribution in [2.24, 2.45) is 0 Å². The Bertz CT molecular complexity index is 2850. The lowest BCUT2D eigenvalue weighted by molar-refractivity contribution is 1.18. The molecule has 1 heteroatoms. The highest BCUT2D eigenvalue weighted by Crippen LogP contribution is 2.39. The summed E-state index contributed by atoms with van der Waals surface area (Å²) in [4.78, 5) is 0. The third-order valence-corrected chi connectivity index (χ3v) is 10.2. The molecule has 0 fully saturated rings. The summed E-state index contributed by atoms with van der Waals surface area (Å²) < 4.78 is 2.41. The van der Waals surface area contributed by atoms with Gasteiger partial charge in [-0.25, -0.2) is 0 Å². The Balaban J connectivity index is 1.05. The summed E-state index contributed by atoms with van der Waals surface area (Å²) in [5.41, 5.74) is 11.0. The summed E-state index contributed by atoms with van der Waals surface area (Å²) in [5, 5.41) is 10.2. The summed E-state index contributed by atoms with van der Waals surface area (Å²) >= 11 is 0. The SMILES string of the molecule is c1ccc(-c2ccc(-n3c4ccccc4c4c5ccc(-c6ccc7cc(-c8cccc9ccccc89)ccc7c6)cc5ccc43)cc2)cc1. The number of hydrogen-bond donors (Lipinski definition) is 0. The van der Waals surface area contributed by atoms with E-state index >= 15 is 0 Å². The van der Waals surface area contributed by atoms with Gasteiger partial charge in [-0.05, 0) is 108 Å². The molecule has 0 saturated heterocycles. The number of para-hydroxylation sites is 1. The van der Waals surface area contributed by atoms with Gasteiger partial charge in [0.1, 0.15) is 0 Å². The zero-order valence-corrected chi connectivity index (χ0v) is 26.8. The standard InChI is InChI=1S/C48H31N/c1-2-9-32(10-3-1)33-21-25-41(26-22-33)49-46-16-7-6-14-45(46)48-44-27-23-38(31-40(44)24-28-47(48)49)35-17-18-37-30-39(20-19-36(37)29-35)43-15-8-12-34-11-4-5-13-42(34)43/h1-31H. The molecule has 0 N–H and O–H groups in total. The Morgan fingerprint density at radius 2 is 0.878 bits per heavy atom. The third-order valence-electron chi connectivity index (χ3n) is 10.2. The van der Waals surface area contributed by atoms with Gasteiger partial charge in [0.25, 0.3) is 0 Å². The quantitative estimate of drug-likeness (QED) is 0.184. The largest absolute Gasteiger partial charge is 0.309 e. The molecule has 1 aromatic heterocycles. The fraction of sp³-hybridized carbons (Fsp3) is 0. The maximum atomic E-state index is 2.41. The van der Waals surface area contributed by atoms with Crippen LogP contribution in [0.5, 0.6) is 0 Å². The molecule has 0 amide bonds. The number of fused-ring (bicyclic) bond motifs is 7. The highest BCUT2D eigenvalue weighted by molar-refractivity contribution is 6.21. The molecule has 0 aliphatic rings. The van der Waals surface area contributed by atoms with Crippen LogP contribution in [0.1, 0.15) is 0 Å². The highest BCUT2D eigenvalue weighted by atomic mass is 15.0. The molecule has 0 aliphatic heterocycles. The number of benzene rings is 9. The molecule has 228 valence electrons. The van der Waals surface area contributed by atoms with Gasteiger partial charge in [-0.1, -0.05) is 146 Å². The number of aromatic nitrogens is 1. The Kier molecular flexibility index (Phi) is 6.25. The van der Waals surface area contributed by atoms with E-state index in [9.17, 15) is 0 Å². The van der Waals surface area contributed by atoms with E-state index in [4.69, 9.17) is 0 Å². The molecule has 1 heterocycles. The van der Waals surface area contributed by atoms with E-state index in [0.29, 0.717) is 0 Å². The van der Waals surface area contributed by atoms with Crippen molar-refractivity contribution in [2.45, 2.75) is 0 Å². The maximum Gasteiger partial charge on any atom is 0.0547 e. The first kappa shape index (κ1) is 27.7. The smallest absolute Gasteiger partial charge is 0.0547 e. The van der Waals surface area contributed by atoms with Crippen LogP contribution in [-0.4, -0.2) is 4.57 Å². The highest BCUT2D eigenvalue weighted by Gasteiger charge is 2.15. The van der Waals surface area contributed by atoms with E-state index in [2.05, 4.69) is 193 Å². The summed E-state index contributed by atoms with van der Waals surface area (Å²) in [6, 6.07) is 68.7. The van der Waals surface area contributed by atoms with Gasteiger partial charge >= 0.3 is 0 Å². The lowest BCUT2D eigenvalue weighted by Gasteiger charge is -2.11. The molecular weight excluding hydrogens is 591 g/mol. The maximum absolute atomic E-state index is 2.41. The second-order valence-electron chi connectivity index (χ2n) is 13.0. The topological polar surface area (TPSA) is 4.93 Å². The van der Waals surface area contributed by atoms with Gasteiger partial charge in [0.15, 0.2) is 0 Å². The molecule has 0 unspecified atom stereocenters. The monoisotopic (exact) mass is 621 g/mol. The Hall–Kier alpha value is -6.44. The van der Waals surface area contributed by atoms with E-state index in [1.807, 2.05) is 0 Å². The van der Waals surface area contributed by atoms with Crippen molar-refractivity contribution in [3.8, 4) is 39.1 Å². The van der Waals surface area contributed by atoms with Gasteiger partial charge < -0.3 is 4.57 Å². The van der Waals surface area contributed by atoms with Crippen molar-refractivity contribution in [1.29, 1.82) is 0 Å². The first-order chi connectivity index (χ1) is 24.3. The normalized spacial score (nSPS) is 11.7. The van der Waals surface area contributed by atoms with Crippen molar-refractivity contribution in [2.75, 3.05) is 0 Å². The van der Waals surface area contributed by atoms with E-state index in [0.717, 1.165) is 0 Å². The van der Waals surface area contributed by atoms with Crippen molar-refractivity contribution < 1.29 is 0 Å². The average Bonchev–Trinajstić information content (AvgIpc) is 3.52. The minimum absolute atomic E-state index is 1.17. The van der Waals surface area contributed by atoms with Gasteiger partial charge in [0, 0.05) is 16.5 Å². The van der Waals surface area contributed by atoms with Crippen LogP contribution in [0.2, 0.25) is 0 Å². The van der Waals surface area contributed by atoms with Crippen LogP contribution in [0.3, 0.4) is 0 Å². The lowest BCUT2D eigenvalue weighted by atomic mass is 9.94. The van der Waals surface area contributed by atoms with Gasteiger partial charge in [-0.15, -0.1) is 0 Å². The second kappa shape index (κ2) is 11.1. The van der Waals surface area contributed by atoms with Crippen LogP contribution in [-0.2, 0) is 0 Å². The van der Waals surface area contributed by atoms with Crippen molar-refractivity contribution in [3.05, 3.63) is 188 Å². The summed E-state index contributed by atoms with van der Waals surface area (Å²) in [5.74, 6) is 0. The molecule has 0 saturated carbocycles. The van der Waals surface area contributed by atoms with Gasteiger partial charge in [-0.3, -0.25) is 0 Å². The first-order valence-corrected chi connectivity index (χ1v) is 16.9. The van der Waals surface area contributed by atoms with Crippen molar-refractivity contribution >= 4 is 54.1 Å². The summed E-state index contributed by atoms with van der Waals surface area (Å²) in [6.45, 7) is 0. The lowest BCUT2D eigenvalue weighted by Crippen LogP contribution is -1.93. The summed E-state index contributed by atoms with van der Waals surface area (Å²) in [7, 11) is 0. The minimum atomic E-state index is 1.17. The molecule has 10 rings (SSSR count). The number of hydrogen-bond acceptors (Lipinski definition) is 0. The second-order valence-corrected chi connectivity index (χ2v) is 13.0. The zero-order chi connectivity index (χ0) is 32.3. The number of nitrogens with zero attached hydrogens (tertiary/aromatic N) is 1. The molecule has 10 aromatic rings. The fourth-order valence-corrected chi connectivity index (χ4v) is 7.76. The third kappa shape index (κ3) is 4.55. The molecule has 9 aromatic carbocycles. The van der Waals surface area contributed by atoms with Gasteiger partial charge in [0.2, 0.25) is 0 Å². The van der Waals surface area contributed by atoms with Crippen LogP contribution >= 0.6 is 0 Å². The van der Waals surface area contributed by atoms with E-state index in [-0.39, 0.29) is 0 Å². The van der Waals surface area contributed by atoms with E-state index in [1.54, 1.807) is 0 Å². The predicted octanol–water partition coefficient (Wildman–Crippen LogP) is 13.2. The molecule has 0 bridgehead atoms. The fourth-order valence-electron chi connectivity index (χ4n) is 7.76. The molecule has 49 heavy (non-hydrogen) atoms. The average molecular weight is 622 g/mol. The number of rotatable bonds is 4. The van der Waals surface area contributed by atoms with E-state index < -0.39 is 0 Å². The Morgan fingerprint density at radius 1 is 0.286 bits per heavy atom. The van der Waals surface area contributed by atoms with Gasteiger partial charge in [0.05, 0.1) is 11.0 Å². The van der Waals surface area contributed by atoms with Crippen molar-refractivity contribution in [3.63, 3.8) is 0 Å². The first-order valence-electron chi connectivity index (χ1n) is 16.9. The summed E-state index contributed by atoms with van der Waals surface area (Å²) in [6.07, 6.45) is 0. The minimum Gasteiger partial charge on any atom is -0.309 e. The Morgan fingerprint density at radius 3 is 1.71 bits per heavy atom. The van der Waals surface area contributed by atoms with Crippen LogP contribution in [0.4, 0.5) is 0 Å². The Labute approximate surface area is 284 Å². The molecule has 1 nitrogen and oxygen atoms in total. The molecule has 0 radical (unpaired) electrons. The van der Waals surface area contributed by atoms with Crippen LogP contribution in [0.15, 0.2) is 188 Å². The van der Waals surface area contributed by atoms with Crippen LogP contribution in [0, 0.1) is 0 Å². The molecule has 0 aliphatic carbocycles. The zero-order valence-electron chi connectivity index (χ0n) is 26.8. The van der Waals surface area contributed by atoms with E-state index in [1.165, 1.54) is 93.2 Å². The molecule has 0 atom stereocenters. The van der Waals surface area contributed by atoms with Crippen molar-refractivity contribution in [1.82, 2.24) is 4.57 Å².